The van der Waals surface area contributed by atoms with Gasteiger partial charge < -0.3 is 35.2 Å². The summed E-state index contributed by atoms with van der Waals surface area (Å²) in [5, 5.41) is 9.60. The van der Waals surface area contributed by atoms with Gasteiger partial charge in [0.2, 0.25) is 23.6 Å². The molecule has 3 atom stereocenters. The highest BCUT2D eigenvalue weighted by molar-refractivity contribution is 7.20. The summed E-state index contributed by atoms with van der Waals surface area (Å²) >= 11 is 1.14. The van der Waals surface area contributed by atoms with Crippen molar-refractivity contribution in [2.24, 2.45) is 5.92 Å². The molecule has 2 fully saturated rings. The van der Waals surface area contributed by atoms with Crippen molar-refractivity contribution in [1.82, 2.24) is 25.0 Å². The first-order valence-electron chi connectivity index (χ1n) is 22.5. The highest BCUT2D eigenvalue weighted by Gasteiger charge is 2.43. The molecule has 2 saturated heterocycles. The summed E-state index contributed by atoms with van der Waals surface area (Å²) < 4.78 is 11.5. The van der Waals surface area contributed by atoms with Crippen molar-refractivity contribution in [2.45, 2.75) is 103 Å². The first-order valence-corrected chi connectivity index (χ1v) is 23.3. The average Bonchev–Trinajstić information content (AvgIpc) is 4.03. The van der Waals surface area contributed by atoms with Crippen LogP contribution in [0.5, 0.6) is 0 Å². The molecule has 3 N–H and O–H groups in total. The summed E-state index contributed by atoms with van der Waals surface area (Å²) in [6.45, 7) is 9.83. The third kappa shape index (κ3) is 10.8. The van der Waals surface area contributed by atoms with Crippen LogP contribution in [-0.2, 0) is 28.7 Å². The van der Waals surface area contributed by atoms with Gasteiger partial charge in [-0.15, -0.1) is 0 Å². The zero-order valence-corrected chi connectivity index (χ0v) is 38.7. The first-order chi connectivity index (χ1) is 31.1. The number of piperidine rings is 1. The van der Waals surface area contributed by atoms with E-state index in [1.807, 2.05) is 73.7 Å². The molecule has 3 aromatic carbocycles. The van der Waals surface area contributed by atoms with E-state index in [9.17, 15) is 28.8 Å². The highest BCUT2D eigenvalue weighted by Crippen LogP contribution is 2.44. The fraction of sp³-hybridized carbons (Fsp3) is 0.449. The number of aromatic nitrogens is 1. The summed E-state index contributed by atoms with van der Waals surface area (Å²) in [5.41, 5.74) is 4.86. The Morgan fingerprint density at radius 2 is 1.49 bits per heavy atom. The lowest BCUT2D eigenvalue weighted by atomic mass is 9.88. The number of hydrogen-bond donors (Lipinski definition) is 3. The number of carbonyl (C=O) groups excluding carboxylic acids is 6. The van der Waals surface area contributed by atoms with Crippen LogP contribution in [0.25, 0.3) is 22.4 Å². The number of ether oxygens (including phenoxy) is 2. The number of likely N-dealkylation sites (tertiary alicyclic amines) is 2. The van der Waals surface area contributed by atoms with E-state index in [1.54, 1.807) is 32.6 Å². The Bertz CT molecular complexity index is 2350. The number of fused-ring (bicyclic) bond motifs is 3. The molecule has 1 aromatic heterocycles. The lowest BCUT2D eigenvalue weighted by Gasteiger charge is -2.38. The molecule has 344 valence electrons. The van der Waals surface area contributed by atoms with Crippen molar-refractivity contribution in [3.05, 3.63) is 90.0 Å². The third-order valence-electron chi connectivity index (χ3n) is 12.3. The molecular weight excluding hydrogens is 847 g/mol. The molecule has 7 rings (SSSR count). The number of likely N-dealkylation sites (N-methyl/N-ethyl adjacent to an activating group) is 1. The number of hydrogen-bond acceptors (Lipinski definition) is 10. The fourth-order valence-electron chi connectivity index (χ4n) is 8.76. The van der Waals surface area contributed by atoms with E-state index < -0.39 is 59.6 Å². The number of carbonyl (C=O) groups is 6. The molecule has 15 nitrogen and oxygen atoms in total. The van der Waals surface area contributed by atoms with Crippen molar-refractivity contribution in [2.75, 3.05) is 43.9 Å². The molecule has 6 amide bonds. The summed E-state index contributed by atoms with van der Waals surface area (Å²) in [6, 6.07) is 22.4. The topological polar surface area (TPSA) is 180 Å². The summed E-state index contributed by atoms with van der Waals surface area (Å²) in [5.74, 6) is -2.17. The zero-order chi connectivity index (χ0) is 46.4. The summed E-state index contributed by atoms with van der Waals surface area (Å²) in [6.07, 6.45) is 1.54. The van der Waals surface area contributed by atoms with Crippen LogP contribution in [0.1, 0.15) is 90.2 Å². The molecule has 65 heavy (non-hydrogen) atoms. The molecule has 1 aliphatic carbocycles. The van der Waals surface area contributed by atoms with Crippen LogP contribution in [0.2, 0.25) is 0 Å². The van der Waals surface area contributed by atoms with Gasteiger partial charge in [-0.1, -0.05) is 97.1 Å². The van der Waals surface area contributed by atoms with Gasteiger partial charge in [-0.2, -0.15) is 0 Å². The average molecular weight is 906 g/mol. The first kappa shape index (κ1) is 46.7. The maximum atomic E-state index is 14.9. The minimum absolute atomic E-state index is 0.0739. The molecule has 0 bridgehead atoms. The summed E-state index contributed by atoms with van der Waals surface area (Å²) in [7, 11) is 1.49. The summed E-state index contributed by atoms with van der Waals surface area (Å²) in [4.78, 5) is 91.4. The van der Waals surface area contributed by atoms with E-state index in [4.69, 9.17) is 9.47 Å². The molecule has 3 aliphatic rings. The number of nitrogens with zero attached hydrogens (tertiary/aromatic N) is 4. The van der Waals surface area contributed by atoms with E-state index in [0.29, 0.717) is 67.4 Å². The second-order valence-electron chi connectivity index (χ2n) is 17.9. The van der Waals surface area contributed by atoms with Crippen LogP contribution in [-0.4, -0.2) is 113 Å². The Morgan fingerprint density at radius 1 is 0.862 bits per heavy atom. The Labute approximate surface area is 384 Å². The lowest BCUT2D eigenvalue weighted by Crippen LogP contribution is -2.59. The highest BCUT2D eigenvalue weighted by atomic mass is 32.1. The Balaban J connectivity index is 1.07. The maximum Gasteiger partial charge on any atom is 0.410 e. The van der Waals surface area contributed by atoms with Crippen LogP contribution in [0.3, 0.4) is 0 Å². The normalized spacial score (nSPS) is 17.0. The lowest BCUT2D eigenvalue weighted by molar-refractivity contribution is -0.142. The smallest absolute Gasteiger partial charge is 0.410 e. The number of nitrogens with one attached hydrogen (secondary N) is 3. The standard InChI is InChI=1S/C49H59N7O8S/c1-7-16-39(57)50-46-52-40(31-17-9-8-10-18-31)44(65-46)53-43(59)38-23-15-26-56(38)45(60)41(32-24-27-55(28-25-32)48(62)64-49(3,4)5)51-42(58)30(2)54(6)47(61)63-29-37-35-21-13-11-19-33(35)34-20-12-14-22-36(34)37/h8-14,17-22,30,32,37-38,41H,7,15-16,23-29H2,1-6H3,(H,51,58)(H,53,59)(H,50,52,57)/t30-,38-,41-/m0/s1. The van der Waals surface area contributed by atoms with Gasteiger partial charge in [0.05, 0.1) is 0 Å². The number of rotatable bonds is 13. The van der Waals surface area contributed by atoms with Crippen molar-refractivity contribution < 1.29 is 38.2 Å². The van der Waals surface area contributed by atoms with Crippen molar-refractivity contribution in [3.63, 3.8) is 0 Å². The number of benzene rings is 3. The van der Waals surface area contributed by atoms with Crippen LogP contribution >= 0.6 is 11.3 Å². The predicted octanol–water partition coefficient (Wildman–Crippen LogP) is 7.88. The van der Waals surface area contributed by atoms with Gasteiger partial charge in [-0.25, -0.2) is 14.6 Å². The molecule has 0 unspecified atom stereocenters. The Morgan fingerprint density at radius 3 is 2.12 bits per heavy atom. The molecule has 3 heterocycles. The number of amides is 6. The molecule has 16 heteroatoms. The van der Waals surface area contributed by atoms with Crippen molar-refractivity contribution >= 4 is 57.3 Å². The van der Waals surface area contributed by atoms with Gasteiger partial charge in [0.1, 0.15) is 41.0 Å². The Hall–Kier alpha value is -6.29. The molecular formula is C49H59N7O8S. The van der Waals surface area contributed by atoms with E-state index in [-0.39, 0.29) is 25.0 Å². The maximum absolute atomic E-state index is 14.9. The largest absolute Gasteiger partial charge is 0.448 e. The van der Waals surface area contributed by atoms with Gasteiger partial charge >= 0.3 is 12.2 Å². The van der Waals surface area contributed by atoms with Gasteiger partial charge in [0.25, 0.3) is 0 Å². The molecule has 4 aromatic rings. The van der Waals surface area contributed by atoms with Crippen LogP contribution in [0.4, 0.5) is 19.7 Å². The minimum Gasteiger partial charge on any atom is -0.448 e. The number of anilines is 2. The van der Waals surface area contributed by atoms with Crippen LogP contribution in [0, 0.1) is 5.92 Å². The zero-order valence-electron chi connectivity index (χ0n) is 37.9. The predicted molar refractivity (Wildman–Crippen MR) is 249 cm³/mol. The van der Waals surface area contributed by atoms with Crippen LogP contribution < -0.4 is 16.0 Å². The van der Waals surface area contributed by atoms with Gasteiger partial charge in [-0.3, -0.25) is 24.1 Å². The number of thiazole rings is 1. The quantitative estimate of drug-likeness (QED) is 0.120. The second-order valence-corrected chi connectivity index (χ2v) is 18.9. The second kappa shape index (κ2) is 20.3. The minimum atomic E-state index is -1.07. The molecule has 0 radical (unpaired) electrons. The Kier molecular flexibility index (Phi) is 14.6. The van der Waals surface area contributed by atoms with E-state index in [1.165, 1.54) is 16.8 Å². The van der Waals surface area contributed by atoms with Crippen molar-refractivity contribution in [3.8, 4) is 22.4 Å². The molecule has 0 saturated carbocycles. The molecule has 2 aliphatic heterocycles. The van der Waals surface area contributed by atoms with E-state index in [2.05, 4.69) is 33.1 Å². The van der Waals surface area contributed by atoms with Crippen molar-refractivity contribution in [1.29, 1.82) is 0 Å². The molecule has 0 spiro atoms. The van der Waals surface area contributed by atoms with Crippen LogP contribution in [0.15, 0.2) is 78.9 Å². The van der Waals surface area contributed by atoms with Gasteiger partial charge in [0, 0.05) is 44.6 Å². The van der Waals surface area contributed by atoms with E-state index in [0.717, 1.165) is 39.2 Å². The monoisotopic (exact) mass is 905 g/mol. The van der Waals surface area contributed by atoms with Gasteiger partial charge in [0.15, 0.2) is 5.13 Å². The SMILES string of the molecule is CCCC(=O)Nc1nc(-c2ccccc2)c(NC(=O)[C@@H]2CCCN2C(=O)[C@@H](NC(=O)[C@H](C)N(C)C(=O)OCC2c3ccccc3-c3ccccc32)C2CCN(C(=O)OC(C)(C)C)CC2)s1. The third-order valence-corrected chi connectivity index (χ3v) is 13.2. The van der Waals surface area contributed by atoms with E-state index >= 15 is 0 Å². The van der Waals surface area contributed by atoms with Gasteiger partial charge in [-0.05, 0) is 88.0 Å². The fourth-order valence-corrected chi connectivity index (χ4v) is 9.67.